The molecule has 84 valence electrons. The van der Waals surface area contributed by atoms with Gasteiger partial charge in [0.05, 0.1) is 15.7 Å². The molecule has 1 atom stereocenters. The van der Waals surface area contributed by atoms with Crippen LogP contribution in [0.2, 0.25) is 0 Å². The number of hydrogen-bond acceptors (Lipinski definition) is 3. The Hall–Kier alpha value is -0.930. The van der Waals surface area contributed by atoms with Crippen molar-refractivity contribution in [3.05, 3.63) is 29.3 Å². The van der Waals surface area contributed by atoms with Crippen molar-refractivity contribution in [3.63, 3.8) is 0 Å². The SMILES string of the molecule is c1nc2ccc(CC3CCCCN3)cc2s1. The number of hydrogen-bond donors (Lipinski definition) is 1. The lowest BCUT2D eigenvalue weighted by Gasteiger charge is -2.23. The van der Waals surface area contributed by atoms with Gasteiger partial charge in [-0.15, -0.1) is 11.3 Å². The van der Waals surface area contributed by atoms with Crippen LogP contribution in [-0.4, -0.2) is 17.6 Å². The number of nitrogens with one attached hydrogen (secondary N) is 1. The Morgan fingerprint density at radius 3 is 3.25 bits per heavy atom. The molecule has 16 heavy (non-hydrogen) atoms. The number of fused-ring (bicyclic) bond motifs is 1. The first-order valence-corrected chi connectivity index (χ1v) is 6.85. The lowest BCUT2D eigenvalue weighted by atomic mass is 9.98. The van der Waals surface area contributed by atoms with Gasteiger partial charge in [-0.2, -0.15) is 0 Å². The van der Waals surface area contributed by atoms with Crippen molar-refractivity contribution in [2.75, 3.05) is 6.54 Å². The van der Waals surface area contributed by atoms with E-state index in [1.807, 2.05) is 5.51 Å². The molecule has 1 aliphatic heterocycles. The van der Waals surface area contributed by atoms with Crippen molar-refractivity contribution < 1.29 is 0 Å². The van der Waals surface area contributed by atoms with Gasteiger partial charge in [-0.3, -0.25) is 0 Å². The largest absolute Gasteiger partial charge is 0.314 e. The molecule has 0 radical (unpaired) electrons. The minimum absolute atomic E-state index is 0.680. The van der Waals surface area contributed by atoms with E-state index in [0.717, 1.165) is 11.9 Å². The molecule has 0 bridgehead atoms. The van der Waals surface area contributed by atoms with E-state index in [0.29, 0.717) is 6.04 Å². The van der Waals surface area contributed by atoms with Gasteiger partial charge >= 0.3 is 0 Å². The van der Waals surface area contributed by atoms with Crippen molar-refractivity contribution in [1.82, 2.24) is 10.3 Å². The van der Waals surface area contributed by atoms with Crippen LogP contribution < -0.4 is 5.32 Å². The highest BCUT2D eigenvalue weighted by atomic mass is 32.1. The van der Waals surface area contributed by atoms with Gasteiger partial charge in [0.25, 0.3) is 0 Å². The zero-order chi connectivity index (χ0) is 10.8. The lowest BCUT2D eigenvalue weighted by Crippen LogP contribution is -2.35. The normalized spacial score (nSPS) is 21.4. The van der Waals surface area contributed by atoms with E-state index >= 15 is 0 Å². The number of piperidine rings is 1. The predicted octanol–water partition coefficient (Wildman–Crippen LogP) is 2.98. The third kappa shape index (κ3) is 2.11. The summed E-state index contributed by atoms with van der Waals surface area (Å²) >= 11 is 1.73. The molecule has 1 aromatic carbocycles. The fourth-order valence-electron chi connectivity index (χ4n) is 2.41. The summed E-state index contributed by atoms with van der Waals surface area (Å²) in [5.41, 5.74) is 4.49. The molecule has 3 heteroatoms. The molecular weight excluding hydrogens is 216 g/mol. The van der Waals surface area contributed by atoms with Gasteiger partial charge in [0.15, 0.2) is 0 Å². The van der Waals surface area contributed by atoms with Crippen molar-refractivity contribution >= 4 is 21.6 Å². The van der Waals surface area contributed by atoms with Crippen molar-refractivity contribution in [2.45, 2.75) is 31.7 Å². The number of rotatable bonds is 2. The summed E-state index contributed by atoms with van der Waals surface area (Å²) in [5.74, 6) is 0. The Labute approximate surface area is 99.7 Å². The summed E-state index contributed by atoms with van der Waals surface area (Å²) in [6.45, 7) is 1.19. The molecule has 1 aromatic heterocycles. The molecule has 2 aromatic rings. The molecular formula is C13H16N2S. The van der Waals surface area contributed by atoms with Crippen molar-refractivity contribution in [1.29, 1.82) is 0 Å². The fourth-order valence-corrected chi connectivity index (χ4v) is 3.15. The molecule has 0 saturated carbocycles. The van der Waals surface area contributed by atoms with Crippen LogP contribution in [0.15, 0.2) is 23.7 Å². The minimum Gasteiger partial charge on any atom is -0.314 e. The van der Waals surface area contributed by atoms with Crippen LogP contribution in [0.5, 0.6) is 0 Å². The molecule has 2 heterocycles. The van der Waals surface area contributed by atoms with E-state index < -0.39 is 0 Å². The third-order valence-corrected chi connectivity index (χ3v) is 4.08. The Kier molecular flexibility index (Phi) is 2.89. The smallest absolute Gasteiger partial charge is 0.0812 e. The molecule has 1 aliphatic rings. The number of aromatic nitrogens is 1. The van der Waals surface area contributed by atoms with Crippen LogP contribution in [-0.2, 0) is 6.42 Å². The van der Waals surface area contributed by atoms with Gasteiger partial charge in [0, 0.05) is 6.04 Å². The minimum atomic E-state index is 0.680. The van der Waals surface area contributed by atoms with Gasteiger partial charge in [0.1, 0.15) is 0 Å². The maximum Gasteiger partial charge on any atom is 0.0812 e. The molecule has 2 nitrogen and oxygen atoms in total. The second kappa shape index (κ2) is 4.52. The molecule has 1 saturated heterocycles. The summed E-state index contributed by atoms with van der Waals surface area (Å²) in [4.78, 5) is 4.31. The predicted molar refractivity (Wildman–Crippen MR) is 69.0 cm³/mol. The third-order valence-electron chi connectivity index (χ3n) is 3.29. The number of nitrogens with zero attached hydrogens (tertiary/aromatic N) is 1. The molecule has 1 unspecified atom stereocenters. The molecule has 0 amide bonds. The van der Waals surface area contributed by atoms with Crippen LogP contribution in [0.4, 0.5) is 0 Å². The van der Waals surface area contributed by atoms with E-state index in [2.05, 4.69) is 28.5 Å². The Balaban J connectivity index is 1.77. The first-order chi connectivity index (χ1) is 7.92. The quantitative estimate of drug-likeness (QED) is 0.861. The van der Waals surface area contributed by atoms with E-state index in [4.69, 9.17) is 0 Å². The van der Waals surface area contributed by atoms with E-state index in [9.17, 15) is 0 Å². The summed E-state index contributed by atoms with van der Waals surface area (Å²) in [6.07, 6.45) is 5.19. The van der Waals surface area contributed by atoms with Crippen LogP contribution in [0.25, 0.3) is 10.2 Å². The first kappa shape index (κ1) is 10.2. The van der Waals surface area contributed by atoms with Crippen LogP contribution >= 0.6 is 11.3 Å². The summed E-state index contributed by atoms with van der Waals surface area (Å²) < 4.78 is 1.31. The van der Waals surface area contributed by atoms with Crippen molar-refractivity contribution in [2.24, 2.45) is 0 Å². The highest BCUT2D eigenvalue weighted by Crippen LogP contribution is 2.21. The maximum atomic E-state index is 4.31. The maximum absolute atomic E-state index is 4.31. The van der Waals surface area contributed by atoms with Crippen LogP contribution in [0, 0.1) is 0 Å². The summed E-state index contributed by atoms with van der Waals surface area (Å²) in [6, 6.07) is 7.34. The van der Waals surface area contributed by atoms with Gasteiger partial charge in [-0.25, -0.2) is 4.98 Å². The molecule has 0 spiro atoms. The fraction of sp³-hybridized carbons (Fsp3) is 0.462. The second-order valence-electron chi connectivity index (χ2n) is 4.51. The van der Waals surface area contributed by atoms with E-state index in [1.54, 1.807) is 11.3 Å². The standard InChI is InChI=1S/C13H16N2S/c1-2-6-14-11(3-1)7-10-4-5-12-13(8-10)16-9-15-12/h4-5,8-9,11,14H,1-3,6-7H2. The Morgan fingerprint density at radius 2 is 2.38 bits per heavy atom. The number of benzene rings is 1. The Morgan fingerprint density at radius 1 is 1.38 bits per heavy atom. The van der Waals surface area contributed by atoms with Crippen LogP contribution in [0.3, 0.4) is 0 Å². The Bertz CT molecular complexity index is 471. The zero-order valence-corrected chi connectivity index (χ0v) is 10.1. The second-order valence-corrected chi connectivity index (χ2v) is 5.39. The highest BCUT2D eigenvalue weighted by Gasteiger charge is 2.13. The zero-order valence-electron chi connectivity index (χ0n) is 9.28. The van der Waals surface area contributed by atoms with Gasteiger partial charge in [0.2, 0.25) is 0 Å². The highest BCUT2D eigenvalue weighted by molar-refractivity contribution is 7.16. The number of thiazole rings is 1. The van der Waals surface area contributed by atoms with Crippen LogP contribution in [0.1, 0.15) is 24.8 Å². The summed E-state index contributed by atoms with van der Waals surface area (Å²) in [5, 5.41) is 3.60. The van der Waals surface area contributed by atoms with Gasteiger partial charge in [-0.05, 0) is 43.5 Å². The van der Waals surface area contributed by atoms with Gasteiger partial charge < -0.3 is 5.32 Å². The molecule has 1 fully saturated rings. The topological polar surface area (TPSA) is 24.9 Å². The lowest BCUT2D eigenvalue weighted by molar-refractivity contribution is 0.399. The first-order valence-electron chi connectivity index (χ1n) is 5.97. The van der Waals surface area contributed by atoms with Gasteiger partial charge in [-0.1, -0.05) is 12.5 Å². The van der Waals surface area contributed by atoms with Crippen molar-refractivity contribution in [3.8, 4) is 0 Å². The van der Waals surface area contributed by atoms with E-state index in [-0.39, 0.29) is 0 Å². The average molecular weight is 232 g/mol. The molecule has 3 rings (SSSR count). The molecule has 1 N–H and O–H groups in total. The average Bonchev–Trinajstić information content (AvgIpc) is 2.77. The summed E-state index contributed by atoms with van der Waals surface area (Å²) in [7, 11) is 0. The van der Waals surface area contributed by atoms with E-state index in [1.165, 1.54) is 36.1 Å². The molecule has 0 aliphatic carbocycles. The monoisotopic (exact) mass is 232 g/mol.